The third-order valence-electron chi connectivity index (χ3n) is 1.78. The molecular weight excluding hydrogens is 208 g/mol. The lowest BCUT2D eigenvalue weighted by Gasteiger charge is -2.18. The molecular formula is C12H18S2. The maximum atomic E-state index is 2.25. The first-order chi connectivity index (χ1) is 6.40. The van der Waals surface area contributed by atoms with Gasteiger partial charge in [0.25, 0.3) is 0 Å². The Bertz CT molecular complexity index is 290. The highest BCUT2D eigenvalue weighted by atomic mass is 33.1. The zero-order valence-corrected chi connectivity index (χ0v) is 11.2. The van der Waals surface area contributed by atoms with Gasteiger partial charge in [-0.25, -0.2) is 0 Å². The van der Waals surface area contributed by atoms with Gasteiger partial charge in [-0.1, -0.05) is 60.6 Å². The fourth-order valence-electron chi connectivity index (χ4n) is 1.10. The first-order valence-electron chi connectivity index (χ1n) is 4.82. The third kappa shape index (κ3) is 3.58. The van der Waals surface area contributed by atoms with Crippen LogP contribution in [-0.2, 0) is 0 Å². The van der Waals surface area contributed by atoms with E-state index in [4.69, 9.17) is 0 Å². The van der Waals surface area contributed by atoms with Gasteiger partial charge in [0.2, 0.25) is 0 Å². The van der Waals surface area contributed by atoms with Gasteiger partial charge in [0.05, 0.1) is 0 Å². The molecule has 0 aliphatic heterocycles. The van der Waals surface area contributed by atoms with Crippen LogP contribution < -0.4 is 0 Å². The molecule has 0 unspecified atom stereocenters. The normalized spacial score (nSPS) is 11.8. The molecule has 0 heterocycles. The second kappa shape index (κ2) is 4.63. The minimum atomic E-state index is 0.319. The molecule has 0 saturated carbocycles. The molecule has 0 radical (unpaired) electrons. The summed E-state index contributed by atoms with van der Waals surface area (Å²) in [6.07, 6.45) is 0. The molecule has 1 rings (SSSR count). The molecule has 0 saturated heterocycles. The van der Waals surface area contributed by atoms with E-state index in [1.807, 2.05) is 21.6 Å². The van der Waals surface area contributed by atoms with Crippen molar-refractivity contribution in [1.29, 1.82) is 0 Å². The largest absolute Gasteiger partial charge is 0.0829 e. The standard InChI is InChI=1S/C12H18S2/c1-9-7-6-8-10(2)11(9)13-14-12(3,4)5/h6-8H,1-5H3. The van der Waals surface area contributed by atoms with Crippen molar-refractivity contribution in [3.63, 3.8) is 0 Å². The summed E-state index contributed by atoms with van der Waals surface area (Å²) in [6.45, 7) is 11.1. The molecule has 14 heavy (non-hydrogen) atoms. The van der Waals surface area contributed by atoms with Crippen LogP contribution >= 0.6 is 21.6 Å². The summed E-state index contributed by atoms with van der Waals surface area (Å²) in [5.74, 6) is 0. The molecule has 0 aromatic heterocycles. The van der Waals surface area contributed by atoms with Gasteiger partial charge in [-0.3, -0.25) is 0 Å². The topological polar surface area (TPSA) is 0 Å². The van der Waals surface area contributed by atoms with E-state index in [0.29, 0.717) is 4.75 Å². The quantitative estimate of drug-likeness (QED) is 0.662. The highest BCUT2D eigenvalue weighted by Crippen LogP contribution is 2.42. The SMILES string of the molecule is Cc1cccc(C)c1SSC(C)(C)C. The van der Waals surface area contributed by atoms with Crippen LogP contribution in [0.2, 0.25) is 0 Å². The van der Waals surface area contributed by atoms with Crippen LogP contribution in [0.3, 0.4) is 0 Å². The summed E-state index contributed by atoms with van der Waals surface area (Å²) >= 11 is 0. The van der Waals surface area contributed by atoms with E-state index in [-0.39, 0.29) is 0 Å². The summed E-state index contributed by atoms with van der Waals surface area (Å²) in [5, 5.41) is 0. The fourth-order valence-corrected chi connectivity index (χ4v) is 3.62. The van der Waals surface area contributed by atoms with Crippen molar-refractivity contribution in [2.45, 2.75) is 44.3 Å². The Labute approximate surface area is 95.3 Å². The Morgan fingerprint density at radius 1 is 1.00 bits per heavy atom. The van der Waals surface area contributed by atoms with Crippen molar-refractivity contribution in [3.8, 4) is 0 Å². The van der Waals surface area contributed by atoms with Crippen LogP contribution in [0.15, 0.2) is 23.1 Å². The van der Waals surface area contributed by atoms with Gasteiger partial charge in [0.15, 0.2) is 0 Å². The van der Waals surface area contributed by atoms with E-state index < -0.39 is 0 Å². The van der Waals surface area contributed by atoms with Crippen LogP contribution in [0.1, 0.15) is 31.9 Å². The Hall–Kier alpha value is -0.0800. The highest BCUT2D eigenvalue weighted by Gasteiger charge is 2.13. The molecule has 0 fully saturated rings. The van der Waals surface area contributed by atoms with E-state index >= 15 is 0 Å². The molecule has 0 bridgehead atoms. The van der Waals surface area contributed by atoms with Gasteiger partial charge in [-0.05, 0) is 25.0 Å². The maximum Gasteiger partial charge on any atom is 0.0241 e. The fraction of sp³-hybridized carbons (Fsp3) is 0.500. The van der Waals surface area contributed by atoms with Crippen molar-refractivity contribution in [2.75, 3.05) is 0 Å². The van der Waals surface area contributed by atoms with Crippen LogP contribution in [0.25, 0.3) is 0 Å². The molecule has 0 spiro atoms. The molecule has 78 valence electrons. The maximum absolute atomic E-state index is 2.25. The number of hydrogen-bond acceptors (Lipinski definition) is 2. The summed E-state index contributed by atoms with van der Waals surface area (Å²) in [7, 11) is 3.83. The summed E-state index contributed by atoms with van der Waals surface area (Å²) in [6, 6.07) is 6.48. The highest BCUT2D eigenvalue weighted by molar-refractivity contribution is 8.77. The second-order valence-electron chi connectivity index (χ2n) is 4.50. The Morgan fingerprint density at radius 2 is 1.50 bits per heavy atom. The zero-order valence-electron chi connectivity index (χ0n) is 9.55. The van der Waals surface area contributed by atoms with Crippen LogP contribution in [0.4, 0.5) is 0 Å². The van der Waals surface area contributed by atoms with Gasteiger partial charge < -0.3 is 0 Å². The van der Waals surface area contributed by atoms with Gasteiger partial charge >= 0.3 is 0 Å². The summed E-state index contributed by atoms with van der Waals surface area (Å²) in [5.41, 5.74) is 2.76. The Balaban J connectivity index is 2.77. The second-order valence-corrected chi connectivity index (χ2v) is 7.47. The predicted octanol–water partition coefficient (Wildman–Crippen LogP) is 4.84. The van der Waals surface area contributed by atoms with Gasteiger partial charge in [0.1, 0.15) is 0 Å². The average Bonchev–Trinajstić information content (AvgIpc) is 2.01. The molecule has 0 nitrogen and oxygen atoms in total. The molecule has 1 aromatic carbocycles. The molecule has 1 aromatic rings. The zero-order chi connectivity index (χ0) is 10.8. The lowest BCUT2D eigenvalue weighted by molar-refractivity contribution is 0.810. The third-order valence-corrected chi connectivity index (χ3v) is 5.43. The van der Waals surface area contributed by atoms with E-state index in [2.05, 4.69) is 52.8 Å². The molecule has 0 atom stereocenters. The first-order valence-corrected chi connectivity index (χ1v) is 6.97. The molecule has 0 amide bonds. The van der Waals surface area contributed by atoms with Crippen molar-refractivity contribution in [1.82, 2.24) is 0 Å². The van der Waals surface area contributed by atoms with E-state index in [9.17, 15) is 0 Å². The van der Waals surface area contributed by atoms with Crippen molar-refractivity contribution in [2.24, 2.45) is 0 Å². The van der Waals surface area contributed by atoms with Crippen LogP contribution in [0, 0.1) is 13.8 Å². The predicted molar refractivity (Wildman–Crippen MR) is 69.1 cm³/mol. The average molecular weight is 226 g/mol. The van der Waals surface area contributed by atoms with Gasteiger partial charge in [-0.2, -0.15) is 0 Å². The van der Waals surface area contributed by atoms with Crippen LogP contribution in [0.5, 0.6) is 0 Å². The molecule has 0 N–H and O–H groups in total. The Morgan fingerprint density at radius 3 is 1.93 bits per heavy atom. The summed E-state index contributed by atoms with van der Waals surface area (Å²) in [4.78, 5) is 1.42. The van der Waals surface area contributed by atoms with Crippen molar-refractivity contribution >= 4 is 21.6 Å². The molecule has 0 aliphatic rings. The summed E-state index contributed by atoms with van der Waals surface area (Å²) < 4.78 is 0.319. The number of rotatable bonds is 2. The lowest BCUT2D eigenvalue weighted by Crippen LogP contribution is -2.04. The number of hydrogen-bond donors (Lipinski definition) is 0. The van der Waals surface area contributed by atoms with Gasteiger partial charge in [-0.15, -0.1) is 0 Å². The lowest BCUT2D eigenvalue weighted by atomic mass is 10.2. The van der Waals surface area contributed by atoms with Crippen molar-refractivity contribution in [3.05, 3.63) is 29.3 Å². The number of benzene rings is 1. The monoisotopic (exact) mass is 226 g/mol. The minimum Gasteiger partial charge on any atom is -0.0829 e. The first kappa shape index (κ1) is 12.0. The molecule has 0 aliphatic carbocycles. The van der Waals surface area contributed by atoms with E-state index in [1.54, 1.807) is 0 Å². The van der Waals surface area contributed by atoms with Crippen LogP contribution in [-0.4, -0.2) is 4.75 Å². The van der Waals surface area contributed by atoms with E-state index in [1.165, 1.54) is 16.0 Å². The minimum absolute atomic E-state index is 0.319. The van der Waals surface area contributed by atoms with Crippen molar-refractivity contribution < 1.29 is 0 Å². The molecule has 2 heteroatoms. The Kier molecular flexibility index (Phi) is 3.96. The van der Waals surface area contributed by atoms with Gasteiger partial charge in [0, 0.05) is 9.64 Å². The number of aryl methyl sites for hydroxylation is 2. The van der Waals surface area contributed by atoms with E-state index in [0.717, 1.165) is 0 Å². The smallest absolute Gasteiger partial charge is 0.0241 e.